The molecule has 4 nitrogen and oxygen atoms in total. The SMILES string of the molecule is c1ccc(C(NCCN(CCNC(c2ccccc2)(c2ccccc2)c2ccccc2)CCNC(c2ccccc2)(c2ccccc2)c2ccccc2)(c2ccccc2)c2ccccc2)cc1. The van der Waals surface area contributed by atoms with E-state index in [0.717, 1.165) is 39.3 Å². The first kappa shape index (κ1) is 45.0. The Hall–Kier alpha value is -7.18. The summed E-state index contributed by atoms with van der Waals surface area (Å²) >= 11 is 0. The van der Waals surface area contributed by atoms with Crippen molar-refractivity contribution in [2.45, 2.75) is 16.6 Å². The summed E-state index contributed by atoms with van der Waals surface area (Å²) in [6.07, 6.45) is 0. The fourth-order valence-electron chi connectivity index (χ4n) is 10.2. The molecule has 9 rings (SSSR count). The maximum absolute atomic E-state index is 4.20. The van der Waals surface area contributed by atoms with Crippen LogP contribution in [-0.2, 0) is 16.6 Å². The number of hydrogen-bond acceptors (Lipinski definition) is 4. The number of benzene rings is 9. The third-order valence-electron chi connectivity index (χ3n) is 13.3. The summed E-state index contributed by atoms with van der Waals surface area (Å²) in [4.78, 5) is 2.62. The molecule has 0 spiro atoms. The van der Waals surface area contributed by atoms with Gasteiger partial charge in [0, 0.05) is 39.3 Å². The van der Waals surface area contributed by atoms with Crippen molar-refractivity contribution in [1.29, 1.82) is 0 Å². The first-order chi connectivity index (χ1) is 33.2. The molecule has 332 valence electrons. The summed E-state index contributed by atoms with van der Waals surface area (Å²) in [5.41, 5.74) is 9.15. The molecule has 0 atom stereocenters. The van der Waals surface area contributed by atoms with E-state index in [1.54, 1.807) is 0 Å². The third-order valence-corrected chi connectivity index (χ3v) is 13.3. The minimum atomic E-state index is -0.571. The first-order valence-corrected chi connectivity index (χ1v) is 23.7. The van der Waals surface area contributed by atoms with Crippen molar-refractivity contribution in [3.05, 3.63) is 323 Å². The molecule has 0 aliphatic rings. The molecule has 9 aromatic rings. The van der Waals surface area contributed by atoms with Crippen molar-refractivity contribution in [3.63, 3.8) is 0 Å². The normalized spacial score (nSPS) is 12.0. The van der Waals surface area contributed by atoms with Crippen LogP contribution in [0.25, 0.3) is 0 Å². The Morgan fingerprint density at radius 3 is 0.478 bits per heavy atom. The van der Waals surface area contributed by atoms with Crippen molar-refractivity contribution >= 4 is 0 Å². The van der Waals surface area contributed by atoms with Crippen molar-refractivity contribution in [2.24, 2.45) is 0 Å². The van der Waals surface area contributed by atoms with E-state index in [1.807, 2.05) is 0 Å². The molecule has 0 saturated heterocycles. The maximum Gasteiger partial charge on any atom is 0.0948 e. The van der Waals surface area contributed by atoms with Gasteiger partial charge in [0.2, 0.25) is 0 Å². The van der Waals surface area contributed by atoms with Gasteiger partial charge in [-0.1, -0.05) is 273 Å². The van der Waals surface area contributed by atoms with Crippen LogP contribution in [0, 0.1) is 0 Å². The lowest BCUT2D eigenvalue weighted by Crippen LogP contribution is -2.52. The fraction of sp³-hybridized carbons (Fsp3) is 0.143. The average molecular weight is 873 g/mol. The largest absolute Gasteiger partial charge is 0.300 e. The van der Waals surface area contributed by atoms with Gasteiger partial charge in [-0.15, -0.1) is 0 Å². The second-order valence-corrected chi connectivity index (χ2v) is 17.2. The average Bonchev–Trinajstić information content (AvgIpc) is 3.42. The predicted octanol–water partition coefficient (Wildman–Crippen LogP) is 12.0. The molecule has 0 saturated carbocycles. The lowest BCUT2D eigenvalue weighted by molar-refractivity contribution is 0.250. The molecule has 0 unspecified atom stereocenters. The van der Waals surface area contributed by atoms with Gasteiger partial charge in [0.15, 0.2) is 0 Å². The second kappa shape index (κ2) is 21.9. The minimum absolute atomic E-state index is 0.571. The lowest BCUT2D eigenvalue weighted by Gasteiger charge is -2.40. The van der Waals surface area contributed by atoms with Crippen molar-refractivity contribution in [1.82, 2.24) is 20.9 Å². The highest BCUT2D eigenvalue weighted by Gasteiger charge is 2.39. The molecule has 0 fully saturated rings. The first-order valence-electron chi connectivity index (χ1n) is 23.7. The Kier molecular flexibility index (Phi) is 14.7. The highest BCUT2D eigenvalue weighted by molar-refractivity contribution is 5.52. The Morgan fingerprint density at radius 2 is 0.343 bits per heavy atom. The quantitative estimate of drug-likeness (QED) is 0.0629. The number of nitrogens with zero attached hydrogens (tertiary/aromatic N) is 1. The number of nitrogens with one attached hydrogen (secondary N) is 3. The Balaban J connectivity index is 1.07. The van der Waals surface area contributed by atoms with Crippen LogP contribution in [0.1, 0.15) is 50.1 Å². The van der Waals surface area contributed by atoms with E-state index in [2.05, 4.69) is 294 Å². The number of rotatable bonds is 21. The van der Waals surface area contributed by atoms with Gasteiger partial charge < -0.3 is 0 Å². The fourth-order valence-corrected chi connectivity index (χ4v) is 10.2. The molecular formula is C63H60N4. The molecule has 0 aliphatic carbocycles. The molecule has 3 N–H and O–H groups in total. The molecule has 0 aliphatic heterocycles. The van der Waals surface area contributed by atoms with E-state index in [0.29, 0.717) is 0 Å². The zero-order chi connectivity index (χ0) is 45.5. The third kappa shape index (κ3) is 9.71. The van der Waals surface area contributed by atoms with Crippen molar-refractivity contribution in [3.8, 4) is 0 Å². The lowest BCUT2D eigenvalue weighted by atomic mass is 9.77. The zero-order valence-corrected chi connectivity index (χ0v) is 38.2. The van der Waals surface area contributed by atoms with E-state index in [9.17, 15) is 0 Å². The number of hydrogen-bond donors (Lipinski definition) is 3. The molecular weight excluding hydrogens is 813 g/mol. The highest BCUT2D eigenvalue weighted by Crippen LogP contribution is 2.39. The summed E-state index contributed by atoms with van der Waals surface area (Å²) in [5.74, 6) is 0. The molecule has 9 aromatic carbocycles. The maximum atomic E-state index is 4.20. The molecule has 0 heterocycles. The van der Waals surface area contributed by atoms with Crippen LogP contribution in [0.15, 0.2) is 273 Å². The second-order valence-electron chi connectivity index (χ2n) is 17.2. The highest BCUT2D eigenvalue weighted by atomic mass is 15.2. The summed E-state index contributed by atoms with van der Waals surface area (Å²) in [6.45, 7) is 4.63. The van der Waals surface area contributed by atoms with Crippen LogP contribution in [0.5, 0.6) is 0 Å². The molecule has 0 radical (unpaired) electrons. The summed E-state index contributed by atoms with van der Waals surface area (Å²) < 4.78 is 0. The standard InChI is InChI=1S/C63H60N4/c1-10-28-52(29-11-1)61(53-30-12-2-13-31-53,54-32-14-3-15-33-54)64-46-49-67(50-47-65-62(55-34-16-4-17-35-55,56-36-18-5-19-37-56)57-38-20-6-21-39-57)51-48-66-63(58-40-22-7-23-41-58,59-42-24-8-25-43-59)60-44-26-9-27-45-60/h1-45,64-66H,46-51H2. The Labute approximate surface area is 398 Å². The van der Waals surface area contributed by atoms with Crippen LogP contribution in [0.4, 0.5) is 0 Å². The topological polar surface area (TPSA) is 39.3 Å². The molecule has 4 heteroatoms. The van der Waals surface area contributed by atoms with Crippen molar-refractivity contribution in [2.75, 3.05) is 39.3 Å². The van der Waals surface area contributed by atoms with Gasteiger partial charge in [0.25, 0.3) is 0 Å². The van der Waals surface area contributed by atoms with E-state index >= 15 is 0 Å². The summed E-state index contributed by atoms with van der Waals surface area (Å²) in [7, 11) is 0. The van der Waals surface area contributed by atoms with E-state index in [-0.39, 0.29) is 0 Å². The van der Waals surface area contributed by atoms with Crippen LogP contribution in [0.2, 0.25) is 0 Å². The minimum Gasteiger partial charge on any atom is -0.300 e. The van der Waals surface area contributed by atoms with Gasteiger partial charge in [0.05, 0.1) is 16.6 Å². The van der Waals surface area contributed by atoms with Gasteiger partial charge in [0.1, 0.15) is 0 Å². The molecule has 67 heavy (non-hydrogen) atoms. The van der Waals surface area contributed by atoms with Crippen LogP contribution >= 0.6 is 0 Å². The summed E-state index contributed by atoms with van der Waals surface area (Å²) in [5, 5.41) is 12.6. The Bertz CT molecular complexity index is 2190. The van der Waals surface area contributed by atoms with Gasteiger partial charge >= 0.3 is 0 Å². The predicted molar refractivity (Wildman–Crippen MR) is 278 cm³/mol. The Morgan fingerprint density at radius 1 is 0.209 bits per heavy atom. The van der Waals surface area contributed by atoms with Gasteiger partial charge in [-0.3, -0.25) is 20.9 Å². The monoisotopic (exact) mass is 872 g/mol. The van der Waals surface area contributed by atoms with Crippen LogP contribution in [0.3, 0.4) is 0 Å². The van der Waals surface area contributed by atoms with Gasteiger partial charge in [-0.2, -0.15) is 0 Å². The van der Waals surface area contributed by atoms with E-state index in [1.165, 1.54) is 50.1 Å². The zero-order valence-electron chi connectivity index (χ0n) is 38.2. The molecule has 0 bridgehead atoms. The van der Waals surface area contributed by atoms with Crippen molar-refractivity contribution < 1.29 is 0 Å². The van der Waals surface area contributed by atoms with Crippen LogP contribution in [-0.4, -0.2) is 44.2 Å². The van der Waals surface area contributed by atoms with E-state index < -0.39 is 16.6 Å². The van der Waals surface area contributed by atoms with Crippen LogP contribution < -0.4 is 16.0 Å². The van der Waals surface area contributed by atoms with E-state index in [4.69, 9.17) is 0 Å². The van der Waals surface area contributed by atoms with Gasteiger partial charge in [-0.25, -0.2) is 0 Å². The summed E-state index contributed by atoms with van der Waals surface area (Å²) in [6, 6.07) is 98.2. The van der Waals surface area contributed by atoms with Gasteiger partial charge in [-0.05, 0) is 50.1 Å². The molecule has 0 aromatic heterocycles. The smallest absolute Gasteiger partial charge is 0.0948 e. The molecule has 0 amide bonds.